The molecule has 3 aromatic heterocycles. The predicted octanol–water partition coefficient (Wildman–Crippen LogP) is 1.93. The summed E-state index contributed by atoms with van der Waals surface area (Å²) >= 11 is 0. The molecule has 0 atom stereocenters. The van der Waals surface area contributed by atoms with Crippen molar-refractivity contribution in [3.63, 3.8) is 0 Å². The van der Waals surface area contributed by atoms with Crippen LogP contribution < -0.4 is 5.32 Å². The lowest BCUT2D eigenvalue weighted by Gasteiger charge is -2.06. The van der Waals surface area contributed by atoms with Gasteiger partial charge in [0.1, 0.15) is 0 Å². The number of nitrogens with zero attached hydrogens (tertiary/aromatic N) is 4. The fraction of sp³-hybridized carbons (Fsp3) is 0.0667. The Balaban J connectivity index is 1.89. The normalized spacial score (nSPS) is 10.4. The van der Waals surface area contributed by atoms with Crippen molar-refractivity contribution in [2.75, 3.05) is 5.32 Å². The highest BCUT2D eigenvalue weighted by Crippen LogP contribution is 2.20. The molecule has 7 nitrogen and oxygen atoms in total. The molecule has 0 aliphatic rings. The highest BCUT2D eigenvalue weighted by atomic mass is 16.3. The van der Waals surface area contributed by atoms with Crippen molar-refractivity contribution in [2.24, 2.45) is 0 Å². The van der Waals surface area contributed by atoms with Crippen LogP contribution in [0.25, 0.3) is 5.82 Å². The lowest BCUT2D eigenvalue weighted by Crippen LogP contribution is -2.14. The highest BCUT2D eigenvalue weighted by molar-refractivity contribution is 6.05. The van der Waals surface area contributed by atoms with Gasteiger partial charge in [-0.15, -0.1) is 0 Å². The fourth-order valence-corrected chi connectivity index (χ4v) is 2.01. The summed E-state index contributed by atoms with van der Waals surface area (Å²) in [6.45, 7) is 1.77. The molecule has 0 aromatic carbocycles. The van der Waals surface area contributed by atoms with E-state index in [1.807, 2.05) is 6.07 Å². The van der Waals surface area contributed by atoms with E-state index in [9.17, 15) is 9.90 Å². The van der Waals surface area contributed by atoms with Crippen molar-refractivity contribution in [3.8, 4) is 11.6 Å². The second kappa shape index (κ2) is 5.65. The summed E-state index contributed by atoms with van der Waals surface area (Å²) in [5, 5.41) is 16.4. The van der Waals surface area contributed by atoms with Crippen molar-refractivity contribution in [2.45, 2.75) is 6.92 Å². The van der Waals surface area contributed by atoms with Crippen molar-refractivity contribution < 1.29 is 9.90 Å². The molecule has 2 N–H and O–H groups in total. The van der Waals surface area contributed by atoms with Crippen LogP contribution in [-0.4, -0.2) is 30.8 Å². The lowest BCUT2D eigenvalue weighted by atomic mass is 10.2. The average molecular weight is 295 g/mol. The number of carbonyl (C=O) groups is 1. The number of hydrogen-bond donors (Lipinski definition) is 2. The molecule has 0 radical (unpaired) electrons. The number of carbonyl (C=O) groups excluding carboxylic acids is 1. The first-order chi connectivity index (χ1) is 10.7. The maximum atomic E-state index is 12.3. The molecule has 3 aromatic rings. The molecule has 22 heavy (non-hydrogen) atoms. The molecule has 0 aliphatic heterocycles. The van der Waals surface area contributed by atoms with Crippen LogP contribution in [0.5, 0.6) is 5.75 Å². The van der Waals surface area contributed by atoms with Gasteiger partial charge in [0, 0.05) is 12.4 Å². The van der Waals surface area contributed by atoms with E-state index in [1.165, 1.54) is 18.5 Å². The summed E-state index contributed by atoms with van der Waals surface area (Å²) in [7, 11) is 0. The average Bonchev–Trinajstić information content (AvgIpc) is 2.92. The third kappa shape index (κ3) is 2.51. The van der Waals surface area contributed by atoms with Gasteiger partial charge >= 0.3 is 0 Å². The molecule has 0 unspecified atom stereocenters. The summed E-state index contributed by atoms with van der Waals surface area (Å²) in [4.78, 5) is 20.4. The van der Waals surface area contributed by atoms with Crippen LogP contribution in [0.15, 0.2) is 48.9 Å². The third-order valence-corrected chi connectivity index (χ3v) is 3.14. The second-order valence-corrected chi connectivity index (χ2v) is 4.57. The van der Waals surface area contributed by atoms with Crippen LogP contribution in [0.3, 0.4) is 0 Å². The summed E-state index contributed by atoms with van der Waals surface area (Å²) in [5.74, 6) is 0.247. The molecule has 0 bridgehead atoms. The predicted molar refractivity (Wildman–Crippen MR) is 80.0 cm³/mol. The number of hydrogen-bond acceptors (Lipinski definition) is 5. The minimum atomic E-state index is -0.395. The maximum absolute atomic E-state index is 12.3. The van der Waals surface area contributed by atoms with Gasteiger partial charge in [-0.3, -0.25) is 4.79 Å². The first kappa shape index (κ1) is 13.7. The minimum Gasteiger partial charge on any atom is -0.504 e. The Hall–Kier alpha value is -3.22. The van der Waals surface area contributed by atoms with Gasteiger partial charge in [0.05, 0.1) is 17.5 Å². The Labute approximate surface area is 126 Å². The monoisotopic (exact) mass is 295 g/mol. The van der Waals surface area contributed by atoms with Crippen LogP contribution in [0.4, 0.5) is 5.82 Å². The molecule has 110 valence electrons. The molecule has 1 amide bonds. The minimum absolute atomic E-state index is 0.0920. The number of aromatic hydroxyl groups is 1. The fourth-order valence-electron chi connectivity index (χ4n) is 2.01. The number of rotatable bonds is 3. The first-order valence-corrected chi connectivity index (χ1v) is 6.58. The van der Waals surface area contributed by atoms with Crippen LogP contribution in [0.1, 0.15) is 16.1 Å². The van der Waals surface area contributed by atoms with Gasteiger partial charge in [-0.1, -0.05) is 6.07 Å². The largest absolute Gasteiger partial charge is 0.504 e. The molecule has 0 saturated heterocycles. The Kier molecular flexibility index (Phi) is 3.53. The van der Waals surface area contributed by atoms with Crippen molar-refractivity contribution in [1.29, 1.82) is 0 Å². The molecule has 0 saturated carbocycles. The number of pyridine rings is 2. The van der Waals surface area contributed by atoms with Gasteiger partial charge in [-0.05, 0) is 31.2 Å². The van der Waals surface area contributed by atoms with Gasteiger partial charge in [-0.2, -0.15) is 5.10 Å². The van der Waals surface area contributed by atoms with Crippen molar-refractivity contribution in [1.82, 2.24) is 19.7 Å². The summed E-state index contributed by atoms with van der Waals surface area (Å²) < 4.78 is 1.58. The maximum Gasteiger partial charge on any atom is 0.260 e. The first-order valence-electron chi connectivity index (χ1n) is 6.58. The number of anilines is 1. The van der Waals surface area contributed by atoms with Crippen LogP contribution in [0.2, 0.25) is 0 Å². The van der Waals surface area contributed by atoms with E-state index in [-0.39, 0.29) is 11.6 Å². The van der Waals surface area contributed by atoms with Crippen LogP contribution in [0, 0.1) is 6.92 Å². The number of aromatic nitrogens is 4. The third-order valence-electron chi connectivity index (χ3n) is 3.14. The SMILES string of the molecule is Cc1c(C(=O)Nc2ncccc2O)cnn1-c1ccccn1. The van der Waals surface area contributed by atoms with Crippen LogP contribution in [-0.2, 0) is 0 Å². The zero-order chi connectivity index (χ0) is 15.5. The Bertz CT molecular complexity index is 814. The van der Waals surface area contributed by atoms with Gasteiger partial charge in [0.25, 0.3) is 5.91 Å². The lowest BCUT2D eigenvalue weighted by molar-refractivity contribution is 0.102. The van der Waals surface area contributed by atoms with E-state index in [2.05, 4.69) is 20.4 Å². The van der Waals surface area contributed by atoms with E-state index in [0.29, 0.717) is 17.1 Å². The molecular weight excluding hydrogens is 282 g/mol. The topological polar surface area (TPSA) is 92.9 Å². The molecular formula is C15H13N5O2. The quantitative estimate of drug-likeness (QED) is 0.770. The zero-order valence-electron chi connectivity index (χ0n) is 11.8. The van der Waals surface area contributed by atoms with Gasteiger partial charge in [0.15, 0.2) is 17.4 Å². The standard InChI is InChI=1S/C15H13N5O2/c1-10-11(9-18-20(10)13-6-2-3-7-16-13)15(22)19-14-12(21)5-4-8-17-14/h2-9,21H,1H3,(H,17,19,22). The van der Waals surface area contributed by atoms with Crippen molar-refractivity contribution in [3.05, 3.63) is 60.2 Å². The molecule has 0 fully saturated rings. The van der Waals surface area contributed by atoms with E-state index in [0.717, 1.165) is 0 Å². The van der Waals surface area contributed by atoms with E-state index in [4.69, 9.17) is 0 Å². The van der Waals surface area contributed by atoms with E-state index in [1.54, 1.807) is 36.0 Å². The molecule has 7 heteroatoms. The number of amides is 1. The summed E-state index contributed by atoms with van der Waals surface area (Å²) in [6, 6.07) is 8.48. The van der Waals surface area contributed by atoms with Gasteiger partial charge < -0.3 is 10.4 Å². The molecule has 0 aliphatic carbocycles. The second-order valence-electron chi connectivity index (χ2n) is 4.57. The number of nitrogens with one attached hydrogen (secondary N) is 1. The molecule has 3 heterocycles. The van der Waals surface area contributed by atoms with Crippen molar-refractivity contribution >= 4 is 11.7 Å². The Morgan fingerprint density at radius 3 is 2.73 bits per heavy atom. The summed E-state index contributed by atoms with van der Waals surface area (Å²) in [5.41, 5.74) is 1.03. The summed E-state index contributed by atoms with van der Waals surface area (Å²) in [6.07, 6.45) is 4.60. The van der Waals surface area contributed by atoms with E-state index < -0.39 is 5.91 Å². The Morgan fingerprint density at radius 1 is 1.18 bits per heavy atom. The van der Waals surface area contributed by atoms with E-state index >= 15 is 0 Å². The van der Waals surface area contributed by atoms with Crippen LogP contribution >= 0.6 is 0 Å². The smallest absolute Gasteiger partial charge is 0.260 e. The van der Waals surface area contributed by atoms with Gasteiger partial charge in [0.2, 0.25) is 0 Å². The molecule has 3 rings (SSSR count). The van der Waals surface area contributed by atoms with Gasteiger partial charge in [-0.25, -0.2) is 14.6 Å². The zero-order valence-corrected chi connectivity index (χ0v) is 11.8. The molecule has 0 spiro atoms. The highest BCUT2D eigenvalue weighted by Gasteiger charge is 2.17. The Morgan fingerprint density at radius 2 is 2.00 bits per heavy atom.